The minimum Gasteiger partial charge on any atom is -0.463 e. The third-order valence-corrected chi connectivity index (χ3v) is 7.29. The number of imidazole rings is 1. The summed E-state index contributed by atoms with van der Waals surface area (Å²) in [6, 6.07) is 7.33. The highest BCUT2D eigenvalue weighted by Gasteiger charge is 2.21. The highest BCUT2D eigenvalue weighted by Crippen LogP contribution is 2.19. The molecule has 1 aliphatic heterocycles. The highest BCUT2D eigenvalue weighted by atomic mass is 16.5. The maximum atomic E-state index is 13.5. The molecule has 1 amide bonds. The molecule has 3 heterocycles. The maximum absolute atomic E-state index is 13.5. The van der Waals surface area contributed by atoms with Crippen LogP contribution >= 0.6 is 0 Å². The number of unbranched alkanes of at least 4 members (excludes halogenated alkanes) is 1. The number of nitrogens with one attached hydrogen (secondary N) is 1. The molecule has 13 heteroatoms. The van der Waals surface area contributed by atoms with Crippen LogP contribution in [0.15, 0.2) is 29.1 Å². The van der Waals surface area contributed by atoms with Gasteiger partial charge in [-0.05, 0) is 37.6 Å². The van der Waals surface area contributed by atoms with E-state index in [2.05, 4.69) is 38.7 Å². The molecule has 3 N–H and O–H groups in total. The summed E-state index contributed by atoms with van der Waals surface area (Å²) in [6.07, 6.45) is 2.63. The van der Waals surface area contributed by atoms with E-state index in [1.54, 1.807) is 19.1 Å². The number of nitrogens with zero attached hydrogens (tertiary/aromatic N) is 6. The normalized spacial score (nSPS) is 14.3. The average molecular weight is 583 g/mol. The predicted octanol–water partition coefficient (Wildman–Crippen LogP) is 1.86. The van der Waals surface area contributed by atoms with Gasteiger partial charge in [-0.1, -0.05) is 32.4 Å². The third kappa shape index (κ3) is 8.29. The molecule has 1 saturated heterocycles. The second-order valence-corrected chi connectivity index (χ2v) is 10.6. The lowest BCUT2D eigenvalue weighted by molar-refractivity contribution is -0.134. The number of piperazine rings is 1. The first kappa shape index (κ1) is 31.0. The quantitative estimate of drug-likeness (QED) is 0.164. The second-order valence-electron chi connectivity index (χ2n) is 10.6. The smallest absolute Gasteiger partial charge is 0.327 e. The van der Waals surface area contributed by atoms with Crippen LogP contribution in [0.3, 0.4) is 0 Å². The summed E-state index contributed by atoms with van der Waals surface area (Å²) in [7, 11) is 2.08. The summed E-state index contributed by atoms with van der Waals surface area (Å²) in [5.74, 6) is 0.342. The van der Waals surface area contributed by atoms with Crippen LogP contribution in [0.1, 0.15) is 45.1 Å². The molecule has 2 aromatic heterocycles. The van der Waals surface area contributed by atoms with Gasteiger partial charge in [-0.25, -0.2) is 4.79 Å². The van der Waals surface area contributed by atoms with Gasteiger partial charge in [0.1, 0.15) is 11.3 Å². The summed E-state index contributed by atoms with van der Waals surface area (Å²) in [4.78, 5) is 55.5. The maximum Gasteiger partial charge on any atom is 0.327 e. The number of ether oxygens (including phenoxy) is 2. The highest BCUT2D eigenvalue weighted by molar-refractivity contribution is 5.82. The van der Waals surface area contributed by atoms with Gasteiger partial charge in [0.05, 0.1) is 13.2 Å². The number of hydrogen-bond acceptors (Lipinski definition) is 10. The van der Waals surface area contributed by atoms with Gasteiger partial charge in [0.15, 0.2) is 11.5 Å². The molecule has 1 fully saturated rings. The molecule has 0 saturated carbocycles. The van der Waals surface area contributed by atoms with Crippen molar-refractivity contribution >= 4 is 28.9 Å². The fraction of sp³-hybridized carbons (Fsp3) is 0.552. The molecule has 4 rings (SSSR count). The molecule has 1 aliphatic rings. The topological polar surface area (TPSA) is 152 Å². The number of fused-ring (bicyclic) bond motifs is 1. The molecule has 13 nitrogen and oxygen atoms in total. The SMILES string of the molecule is CCCCOc1nc(N)c2[nH]c(=O)n(CCCN(Cc3ccc(OC(=O)CC)cc3)C(=O)CN3CCN(C)CC3)c2n1. The van der Waals surface area contributed by atoms with Crippen LogP contribution in [0.5, 0.6) is 11.8 Å². The first-order valence-electron chi connectivity index (χ1n) is 14.6. The summed E-state index contributed by atoms with van der Waals surface area (Å²) in [5.41, 5.74) is 7.41. The Balaban J connectivity index is 1.46. The van der Waals surface area contributed by atoms with Gasteiger partial charge in [0.25, 0.3) is 0 Å². The molecule has 1 aromatic carbocycles. The Bertz CT molecular complexity index is 1400. The number of hydrogen-bond donors (Lipinski definition) is 2. The molecule has 0 unspecified atom stereocenters. The second kappa shape index (κ2) is 14.8. The third-order valence-electron chi connectivity index (χ3n) is 7.29. The van der Waals surface area contributed by atoms with Gasteiger partial charge >= 0.3 is 17.7 Å². The average Bonchev–Trinajstić information content (AvgIpc) is 3.30. The van der Waals surface area contributed by atoms with Crippen molar-refractivity contribution in [2.45, 2.75) is 52.6 Å². The number of aromatic amines is 1. The summed E-state index contributed by atoms with van der Waals surface area (Å²) in [6.45, 7) is 9.25. The number of aryl methyl sites for hydroxylation is 1. The van der Waals surface area contributed by atoms with E-state index in [9.17, 15) is 14.4 Å². The number of anilines is 1. The fourth-order valence-electron chi connectivity index (χ4n) is 4.71. The van der Waals surface area contributed by atoms with Crippen molar-refractivity contribution in [1.82, 2.24) is 34.2 Å². The van der Waals surface area contributed by atoms with Crippen molar-refractivity contribution in [3.63, 3.8) is 0 Å². The fourth-order valence-corrected chi connectivity index (χ4v) is 4.71. The van der Waals surface area contributed by atoms with Crippen molar-refractivity contribution in [2.75, 3.05) is 58.7 Å². The molecule has 0 spiro atoms. The number of nitrogens with two attached hydrogens (primary N) is 1. The number of amides is 1. The number of H-pyrrole nitrogens is 1. The number of benzene rings is 1. The molecule has 0 aliphatic carbocycles. The van der Waals surface area contributed by atoms with E-state index < -0.39 is 0 Å². The largest absolute Gasteiger partial charge is 0.463 e. The van der Waals surface area contributed by atoms with E-state index >= 15 is 0 Å². The molecule has 228 valence electrons. The Hall–Kier alpha value is -3.97. The molecular weight excluding hydrogens is 540 g/mol. The Morgan fingerprint density at radius 1 is 1.07 bits per heavy atom. The molecule has 42 heavy (non-hydrogen) atoms. The van der Waals surface area contributed by atoms with Gasteiger partial charge in [-0.3, -0.25) is 19.1 Å². The number of likely N-dealkylation sites (N-methyl/N-ethyl adjacent to an activating group) is 1. The summed E-state index contributed by atoms with van der Waals surface area (Å²) < 4.78 is 12.4. The number of carbonyl (C=O) groups is 2. The monoisotopic (exact) mass is 582 g/mol. The Labute approximate surface area is 245 Å². The van der Waals surface area contributed by atoms with Crippen LogP contribution in [-0.4, -0.2) is 99.0 Å². The van der Waals surface area contributed by atoms with Crippen LogP contribution in [0.25, 0.3) is 11.2 Å². The lowest BCUT2D eigenvalue weighted by Gasteiger charge is -2.33. The van der Waals surface area contributed by atoms with Crippen LogP contribution in [0, 0.1) is 0 Å². The van der Waals surface area contributed by atoms with Gasteiger partial charge in [-0.2, -0.15) is 9.97 Å². The molecule has 0 atom stereocenters. The standard InChI is InChI=1S/C29H42N8O5/c1-4-6-18-41-28-32-26(30)25-27(33-28)37(29(40)31-25)13-7-12-36(23(38)20-35-16-14-34(3)15-17-35)19-21-8-10-22(11-9-21)42-24(39)5-2/h8-11H,4-7,12-20H2,1-3H3,(H,31,40)(H2,30,32,33). The zero-order valence-electron chi connectivity index (χ0n) is 24.8. The van der Waals surface area contributed by atoms with E-state index in [4.69, 9.17) is 15.2 Å². The van der Waals surface area contributed by atoms with Gasteiger partial charge in [-0.15, -0.1) is 0 Å². The van der Waals surface area contributed by atoms with Crippen LogP contribution in [0.4, 0.5) is 5.82 Å². The van der Waals surface area contributed by atoms with E-state index in [0.717, 1.165) is 44.6 Å². The van der Waals surface area contributed by atoms with Crippen LogP contribution in [-0.2, 0) is 22.7 Å². The van der Waals surface area contributed by atoms with Crippen molar-refractivity contribution in [1.29, 1.82) is 0 Å². The number of carbonyl (C=O) groups excluding carboxylic acids is 2. The first-order chi connectivity index (χ1) is 20.3. The van der Waals surface area contributed by atoms with E-state index in [1.165, 1.54) is 4.57 Å². The molecular formula is C29H42N8O5. The van der Waals surface area contributed by atoms with E-state index in [1.807, 2.05) is 17.0 Å². The van der Waals surface area contributed by atoms with Crippen molar-refractivity contribution < 1.29 is 19.1 Å². The number of aromatic nitrogens is 4. The number of esters is 1. The Morgan fingerprint density at radius 2 is 1.81 bits per heavy atom. The lowest BCUT2D eigenvalue weighted by atomic mass is 10.2. The lowest BCUT2D eigenvalue weighted by Crippen LogP contribution is -2.49. The van der Waals surface area contributed by atoms with Gasteiger partial charge in [0, 0.05) is 52.2 Å². The molecule has 0 bridgehead atoms. The zero-order chi connectivity index (χ0) is 30.1. The van der Waals surface area contributed by atoms with Gasteiger partial charge < -0.3 is 30.0 Å². The first-order valence-corrected chi connectivity index (χ1v) is 14.6. The zero-order valence-corrected chi connectivity index (χ0v) is 24.8. The minimum atomic E-state index is -0.343. The Morgan fingerprint density at radius 3 is 2.50 bits per heavy atom. The molecule has 3 aromatic rings. The number of rotatable bonds is 14. The van der Waals surface area contributed by atoms with Crippen molar-refractivity contribution in [2.24, 2.45) is 0 Å². The minimum absolute atomic E-state index is 0.0190. The summed E-state index contributed by atoms with van der Waals surface area (Å²) in [5, 5.41) is 0. The van der Waals surface area contributed by atoms with E-state index in [-0.39, 0.29) is 29.4 Å². The number of nitrogen functional groups attached to an aromatic ring is 1. The van der Waals surface area contributed by atoms with Gasteiger partial charge in [0.2, 0.25) is 5.91 Å². The van der Waals surface area contributed by atoms with Crippen molar-refractivity contribution in [3.05, 3.63) is 40.3 Å². The summed E-state index contributed by atoms with van der Waals surface area (Å²) >= 11 is 0. The Kier molecular flexibility index (Phi) is 10.9. The van der Waals surface area contributed by atoms with Crippen LogP contribution < -0.4 is 20.9 Å². The predicted molar refractivity (Wildman–Crippen MR) is 159 cm³/mol. The molecule has 0 radical (unpaired) electrons. The van der Waals surface area contributed by atoms with Crippen LogP contribution in [0.2, 0.25) is 0 Å². The van der Waals surface area contributed by atoms with E-state index in [0.29, 0.717) is 62.5 Å². The van der Waals surface area contributed by atoms with Crippen molar-refractivity contribution in [3.8, 4) is 11.8 Å².